The quantitative estimate of drug-likeness (QED) is 0.705. The van der Waals surface area contributed by atoms with Gasteiger partial charge in [0.15, 0.2) is 5.82 Å². The van der Waals surface area contributed by atoms with Crippen LogP contribution in [0.5, 0.6) is 0 Å². The number of hydrogen-bond acceptors (Lipinski definition) is 4. The molecule has 0 saturated heterocycles. The number of aromatic carboxylic acids is 1. The zero-order valence-corrected chi connectivity index (χ0v) is 12.4. The zero-order chi connectivity index (χ0) is 15.4. The van der Waals surface area contributed by atoms with Crippen LogP contribution in [0.4, 0.5) is 0 Å². The van der Waals surface area contributed by atoms with Crippen LogP contribution in [0.25, 0.3) is 11.4 Å². The van der Waals surface area contributed by atoms with Crippen LogP contribution >= 0.6 is 11.8 Å². The fraction of sp³-hybridized carbons (Fsp3) is 0.0625. The summed E-state index contributed by atoms with van der Waals surface area (Å²) in [6, 6.07) is 16.6. The minimum absolute atomic E-state index is 0.290. The number of carboxylic acids is 1. The topological polar surface area (TPSA) is 78.9 Å². The molecular weight excluding hydrogens is 298 g/mol. The molecule has 0 fully saturated rings. The van der Waals surface area contributed by atoms with E-state index in [0.717, 1.165) is 17.0 Å². The molecule has 5 nitrogen and oxygen atoms in total. The van der Waals surface area contributed by atoms with E-state index in [1.54, 1.807) is 24.3 Å². The number of nitrogens with one attached hydrogen (secondary N) is 1. The average molecular weight is 311 g/mol. The van der Waals surface area contributed by atoms with E-state index in [1.165, 1.54) is 11.8 Å². The second-order valence-electron chi connectivity index (χ2n) is 4.62. The molecule has 1 heterocycles. The Labute approximate surface area is 131 Å². The van der Waals surface area contributed by atoms with E-state index in [1.807, 2.05) is 30.3 Å². The highest BCUT2D eigenvalue weighted by Gasteiger charge is 2.07. The molecule has 0 unspecified atom stereocenters. The first-order valence-corrected chi connectivity index (χ1v) is 7.64. The molecule has 110 valence electrons. The third-order valence-electron chi connectivity index (χ3n) is 3.08. The Morgan fingerprint density at radius 1 is 1.09 bits per heavy atom. The van der Waals surface area contributed by atoms with Gasteiger partial charge in [0.25, 0.3) is 0 Å². The highest BCUT2D eigenvalue weighted by molar-refractivity contribution is 7.98. The van der Waals surface area contributed by atoms with Crippen LogP contribution in [-0.4, -0.2) is 26.3 Å². The van der Waals surface area contributed by atoms with Crippen molar-refractivity contribution in [3.05, 3.63) is 65.7 Å². The van der Waals surface area contributed by atoms with E-state index < -0.39 is 5.97 Å². The lowest BCUT2D eigenvalue weighted by atomic mass is 10.1. The molecule has 0 aliphatic heterocycles. The van der Waals surface area contributed by atoms with Gasteiger partial charge < -0.3 is 5.11 Å². The molecule has 2 N–H and O–H groups in total. The first kappa shape index (κ1) is 14.3. The van der Waals surface area contributed by atoms with Crippen molar-refractivity contribution in [1.82, 2.24) is 15.2 Å². The molecule has 3 aromatic rings. The predicted molar refractivity (Wildman–Crippen MR) is 84.8 cm³/mol. The Kier molecular flexibility index (Phi) is 4.20. The van der Waals surface area contributed by atoms with Crippen molar-refractivity contribution in [3.8, 4) is 11.4 Å². The maximum atomic E-state index is 10.8. The lowest BCUT2D eigenvalue weighted by molar-refractivity contribution is 0.0697. The Bertz CT molecular complexity index is 770. The second-order valence-corrected chi connectivity index (χ2v) is 5.57. The van der Waals surface area contributed by atoms with Crippen LogP contribution in [0.15, 0.2) is 59.8 Å². The standard InChI is InChI=1S/C16H13N3O2S/c20-15(21)13-8-6-11(7-9-13)10-22-16-17-14(18-19-16)12-4-2-1-3-5-12/h1-9H,10H2,(H,20,21)(H,17,18,19). The Hall–Kier alpha value is -2.60. The summed E-state index contributed by atoms with van der Waals surface area (Å²) >= 11 is 1.50. The molecule has 2 aromatic carbocycles. The molecule has 0 aliphatic carbocycles. The number of carbonyl (C=O) groups is 1. The number of hydrogen-bond donors (Lipinski definition) is 2. The molecule has 0 atom stereocenters. The molecule has 0 spiro atoms. The van der Waals surface area contributed by atoms with Crippen molar-refractivity contribution in [1.29, 1.82) is 0 Å². The average Bonchev–Trinajstić information content (AvgIpc) is 3.03. The number of carboxylic acid groups (broad SMARTS) is 1. The SMILES string of the molecule is O=C(O)c1ccc(CSc2n[nH]c(-c3ccccc3)n2)cc1. The van der Waals surface area contributed by atoms with Gasteiger partial charge in [0.1, 0.15) is 0 Å². The van der Waals surface area contributed by atoms with Gasteiger partial charge in [0.2, 0.25) is 5.16 Å². The number of H-pyrrole nitrogens is 1. The van der Waals surface area contributed by atoms with Gasteiger partial charge in [-0.05, 0) is 17.7 Å². The maximum Gasteiger partial charge on any atom is 0.335 e. The maximum absolute atomic E-state index is 10.8. The van der Waals surface area contributed by atoms with Gasteiger partial charge in [-0.2, -0.15) is 0 Å². The molecule has 0 bridgehead atoms. The van der Waals surface area contributed by atoms with E-state index in [4.69, 9.17) is 5.11 Å². The van der Waals surface area contributed by atoms with E-state index in [-0.39, 0.29) is 5.56 Å². The number of aromatic nitrogens is 3. The second kappa shape index (κ2) is 6.44. The van der Waals surface area contributed by atoms with Crippen LogP contribution in [0.1, 0.15) is 15.9 Å². The van der Waals surface area contributed by atoms with Crippen molar-refractivity contribution in [2.45, 2.75) is 10.9 Å². The van der Waals surface area contributed by atoms with Gasteiger partial charge in [-0.15, -0.1) is 5.10 Å². The van der Waals surface area contributed by atoms with Crippen LogP contribution in [-0.2, 0) is 5.75 Å². The van der Waals surface area contributed by atoms with Crippen LogP contribution in [0.3, 0.4) is 0 Å². The third kappa shape index (κ3) is 3.35. The molecule has 0 saturated carbocycles. The highest BCUT2D eigenvalue weighted by Crippen LogP contribution is 2.22. The summed E-state index contributed by atoms with van der Waals surface area (Å²) in [6.45, 7) is 0. The summed E-state index contributed by atoms with van der Waals surface area (Å²) in [5, 5.41) is 16.6. The summed E-state index contributed by atoms with van der Waals surface area (Å²) in [6.07, 6.45) is 0. The Morgan fingerprint density at radius 3 is 2.50 bits per heavy atom. The van der Waals surface area contributed by atoms with Gasteiger partial charge in [-0.3, -0.25) is 5.10 Å². The van der Waals surface area contributed by atoms with Gasteiger partial charge in [0.05, 0.1) is 5.56 Å². The molecule has 0 aliphatic rings. The molecule has 3 rings (SSSR count). The Balaban J connectivity index is 1.65. The van der Waals surface area contributed by atoms with Crippen molar-refractivity contribution < 1.29 is 9.90 Å². The number of thioether (sulfide) groups is 1. The lowest BCUT2D eigenvalue weighted by Crippen LogP contribution is -1.95. The molecule has 1 aromatic heterocycles. The van der Waals surface area contributed by atoms with Gasteiger partial charge in [-0.1, -0.05) is 54.2 Å². The number of nitrogens with zero attached hydrogens (tertiary/aromatic N) is 2. The molecule has 0 amide bonds. The van der Waals surface area contributed by atoms with E-state index >= 15 is 0 Å². The molecule has 0 radical (unpaired) electrons. The van der Waals surface area contributed by atoms with Crippen molar-refractivity contribution >= 4 is 17.7 Å². The normalized spacial score (nSPS) is 10.5. The van der Waals surface area contributed by atoms with Crippen LogP contribution in [0.2, 0.25) is 0 Å². The van der Waals surface area contributed by atoms with Crippen molar-refractivity contribution in [3.63, 3.8) is 0 Å². The largest absolute Gasteiger partial charge is 0.478 e. The minimum Gasteiger partial charge on any atom is -0.478 e. The summed E-state index contributed by atoms with van der Waals surface area (Å²) in [5.41, 5.74) is 2.31. The number of rotatable bonds is 5. The lowest BCUT2D eigenvalue weighted by Gasteiger charge is -1.99. The van der Waals surface area contributed by atoms with Gasteiger partial charge in [0, 0.05) is 11.3 Å². The smallest absolute Gasteiger partial charge is 0.335 e. The number of benzene rings is 2. The fourth-order valence-corrected chi connectivity index (χ4v) is 2.68. The number of aromatic amines is 1. The summed E-state index contributed by atoms with van der Waals surface area (Å²) in [4.78, 5) is 15.2. The monoisotopic (exact) mass is 311 g/mol. The van der Waals surface area contributed by atoms with Crippen LogP contribution < -0.4 is 0 Å². The zero-order valence-electron chi connectivity index (χ0n) is 11.6. The molecule has 22 heavy (non-hydrogen) atoms. The van der Waals surface area contributed by atoms with E-state index in [2.05, 4.69) is 15.2 Å². The summed E-state index contributed by atoms with van der Waals surface area (Å²) in [5.74, 6) is 0.511. The van der Waals surface area contributed by atoms with Crippen molar-refractivity contribution in [2.75, 3.05) is 0 Å². The van der Waals surface area contributed by atoms with E-state index in [9.17, 15) is 4.79 Å². The highest BCUT2D eigenvalue weighted by atomic mass is 32.2. The Morgan fingerprint density at radius 2 is 1.82 bits per heavy atom. The predicted octanol–water partition coefficient (Wildman–Crippen LogP) is 3.46. The van der Waals surface area contributed by atoms with Crippen molar-refractivity contribution in [2.24, 2.45) is 0 Å². The molecule has 6 heteroatoms. The van der Waals surface area contributed by atoms with E-state index in [0.29, 0.717) is 10.9 Å². The third-order valence-corrected chi connectivity index (χ3v) is 4.00. The first-order chi connectivity index (χ1) is 10.7. The molecular formula is C16H13N3O2S. The van der Waals surface area contributed by atoms with Gasteiger partial charge in [-0.25, -0.2) is 9.78 Å². The fourth-order valence-electron chi connectivity index (χ4n) is 1.93. The summed E-state index contributed by atoms with van der Waals surface area (Å²) < 4.78 is 0. The summed E-state index contributed by atoms with van der Waals surface area (Å²) in [7, 11) is 0. The first-order valence-electron chi connectivity index (χ1n) is 6.65. The minimum atomic E-state index is -0.916. The van der Waals surface area contributed by atoms with Crippen LogP contribution in [0, 0.1) is 0 Å². The van der Waals surface area contributed by atoms with Gasteiger partial charge >= 0.3 is 5.97 Å².